The Morgan fingerprint density at radius 2 is 1.85 bits per heavy atom. The predicted octanol–water partition coefficient (Wildman–Crippen LogP) is 2.20. The number of hydrogen-bond donors (Lipinski definition) is 1. The van der Waals surface area contributed by atoms with E-state index in [9.17, 15) is 14.4 Å². The standard InChI is InChI=1S/C19H17NO6/c1-24-9-12-2-4-13(5-3-12)19(23)26-10-16(21)14-6-7-17-15(8-14)20-18(22)11-25-17/h2-8H,9-11H2,1H3,(H,20,22). The molecule has 7 nitrogen and oxygen atoms in total. The van der Waals surface area contributed by atoms with Gasteiger partial charge in [0.25, 0.3) is 5.91 Å². The Morgan fingerprint density at radius 3 is 2.58 bits per heavy atom. The lowest BCUT2D eigenvalue weighted by atomic mass is 10.1. The Morgan fingerprint density at radius 1 is 1.12 bits per heavy atom. The lowest BCUT2D eigenvalue weighted by Gasteiger charge is -2.18. The second-order valence-electron chi connectivity index (χ2n) is 5.68. The van der Waals surface area contributed by atoms with E-state index in [4.69, 9.17) is 14.2 Å². The van der Waals surface area contributed by atoms with Crippen molar-refractivity contribution in [1.82, 2.24) is 0 Å². The summed E-state index contributed by atoms with van der Waals surface area (Å²) >= 11 is 0. The average molecular weight is 355 g/mol. The Balaban J connectivity index is 1.60. The molecule has 0 spiro atoms. The molecule has 0 unspecified atom stereocenters. The van der Waals surface area contributed by atoms with Gasteiger partial charge in [-0.25, -0.2) is 4.79 Å². The number of benzene rings is 2. The van der Waals surface area contributed by atoms with E-state index in [1.807, 2.05) is 0 Å². The van der Waals surface area contributed by atoms with E-state index in [-0.39, 0.29) is 18.3 Å². The zero-order valence-corrected chi connectivity index (χ0v) is 14.1. The number of amides is 1. The van der Waals surface area contributed by atoms with E-state index in [1.54, 1.807) is 43.5 Å². The molecule has 7 heteroatoms. The monoisotopic (exact) mass is 355 g/mol. The zero-order chi connectivity index (χ0) is 18.5. The van der Waals surface area contributed by atoms with Gasteiger partial charge in [-0.15, -0.1) is 0 Å². The van der Waals surface area contributed by atoms with Crippen LogP contribution in [0, 0.1) is 0 Å². The van der Waals surface area contributed by atoms with Crippen molar-refractivity contribution in [2.45, 2.75) is 6.61 Å². The van der Waals surface area contributed by atoms with Gasteiger partial charge < -0.3 is 19.5 Å². The van der Waals surface area contributed by atoms with Crippen molar-refractivity contribution in [2.75, 3.05) is 25.6 Å². The molecule has 3 rings (SSSR count). The molecule has 1 amide bonds. The Bertz CT molecular complexity index is 844. The highest BCUT2D eigenvalue weighted by molar-refractivity contribution is 6.02. The Hall–Kier alpha value is -3.19. The molecule has 1 heterocycles. The molecular weight excluding hydrogens is 338 g/mol. The van der Waals surface area contributed by atoms with Crippen LogP contribution < -0.4 is 10.1 Å². The van der Waals surface area contributed by atoms with Gasteiger partial charge >= 0.3 is 5.97 Å². The highest BCUT2D eigenvalue weighted by Gasteiger charge is 2.18. The van der Waals surface area contributed by atoms with Crippen LogP contribution >= 0.6 is 0 Å². The van der Waals surface area contributed by atoms with Gasteiger partial charge in [-0.3, -0.25) is 9.59 Å². The summed E-state index contributed by atoms with van der Waals surface area (Å²) in [5.74, 6) is -0.756. The van der Waals surface area contributed by atoms with Gasteiger partial charge in [0.2, 0.25) is 0 Å². The molecule has 0 aromatic heterocycles. The summed E-state index contributed by atoms with van der Waals surface area (Å²) in [4.78, 5) is 35.6. The number of carbonyl (C=O) groups is 3. The molecule has 0 saturated carbocycles. The smallest absolute Gasteiger partial charge is 0.338 e. The van der Waals surface area contributed by atoms with Gasteiger partial charge in [-0.05, 0) is 35.9 Å². The fourth-order valence-corrected chi connectivity index (χ4v) is 2.46. The van der Waals surface area contributed by atoms with Crippen molar-refractivity contribution in [3.8, 4) is 5.75 Å². The lowest BCUT2D eigenvalue weighted by Crippen LogP contribution is -2.25. The summed E-state index contributed by atoms with van der Waals surface area (Å²) in [5.41, 5.74) is 2.02. The normalized spacial score (nSPS) is 12.6. The van der Waals surface area contributed by atoms with Crippen molar-refractivity contribution in [1.29, 1.82) is 0 Å². The summed E-state index contributed by atoms with van der Waals surface area (Å²) in [7, 11) is 1.59. The molecule has 0 aliphatic carbocycles. The lowest BCUT2D eigenvalue weighted by molar-refractivity contribution is -0.118. The molecule has 0 saturated heterocycles. The first kappa shape index (κ1) is 17.6. The van der Waals surface area contributed by atoms with Crippen LogP contribution in [0.2, 0.25) is 0 Å². The number of carbonyl (C=O) groups excluding carboxylic acids is 3. The third kappa shape index (κ3) is 4.07. The van der Waals surface area contributed by atoms with Crippen molar-refractivity contribution in [3.05, 3.63) is 59.2 Å². The molecule has 1 aliphatic rings. The van der Waals surface area contributed by atoms with E-state index in [2.05, 4.69) is 5.32 Å². The van der Waals surface area contributed by atoms with E-state index in [0.717, 1.165) is 5.56 Å². The van der Waals surface area contributed by atoms with E-state index >= 15 is 0 Å². The number of anilines is 1. The average Bonchev–Trinajstić information content (AvgIpc) is 2.66. The summed E-state index contributed by atoms with van der Waals surface area (Å²) in [6.45, 7) is -0.000280. The molecule has 134 valence electrons. The first-order chi connectivity index (χ1) is 12.6. The number of methoxy groups -OCH3 is 1. The highest BCUT2D eigenvalue weighted by Crippen LogP contribution is 2.28. The SMILES string of the molecule is COCc1ccc(C(=O)OCC(=O)c2ccc3c(c2)NC(=O)CO3)cc1. The topological polar surface area (TPSA) is 90.9 Å². The minimum atomic E-state index is -0.586. The first-order valence-corrected chi connectivity index (χ1v) is 7.91. The number of nitrogens with one attached hydrogen (secondary N) is 1. The third-order valence-corrected chi connectivity index (χ3v) is 3.77. The maximum atomic E-state index is 12.2. The zero-order valence-electron chi connectivity index (χ0n) is 14.1. The van der Waals surface area contributed by atoms with Crippen molar-refractivity contribution < 1.29 is 28.6 Å². The van der Waals surface area contributed by atoms with Gasteiger partial charge in [-0.1, -0.05) is 12.1 Å². The number of Topliss-reactive ketones (excluding diaryl/α,β-unsaturated/α-hetero) is 1. The molecule has 1 N–H and O–H groups in total. The van der Waals surface area contributed by atoms with Crippen LogP contribution in [0.3, 0.4) is 0 Å². The fraction of sp³-hybridized carbons (Fsp3) is 0.211. The van der Waals surface area contributed by atoms with Crippen LogP contribution in [0.15, 0.2) is 42.5 Å². The van der Waals surface area contributed by atoms with Crippen LogP contribution in [-0.2, 0) is 20.9 Å². The van der Waals surface area contributed by atoms with E-state index in [1.165, 1.54) is 6.07 Å². The summed E-state index contributed by atoms with van der Waals surface area (Å²) in [6.07, 6.45) is 0. The van der Waals surface area contributed by atoms with Crippen molar-refractivity contribution >= 4 is 23.3 Å². The number of esters is 1. The van der Waals surface area contributed by atoms with Gasteiger partial charge in [-0.2, -0.15) is 0 Å². The second kappa shape index (κ2) is 7.79. The number of hydrogen-bond acceptors (Lipinski definition) is 6. The maximum Gasteiger partial charge on any atom is 0.338 e. The van der Waals surface area contributed by atoms with Crippen LogP contribution in [0.5, 0.6) is 5.75 Å². The van der Waals surface area contributed by atoms with Crippen LogP contribution in [0.4, 0.5) is 5.69 Å². The molecule has 0 bridgehead atoms. The molecule has 2 aromatic carbocycles. The van der Waals surface area contributed by atoms with Crippen LogP contribution in [-0.4, -0.2) is 38.0 Å². The van der Waals surface area contributed by atoms with Gasteiger partial charge in [0, 0.05) is 12.7 Å². The highest BCUT2D eigenvalue weighted by atomic mass is 16.5. The van der Waals surface area contributed by atoms with E-state index in [0.29, 0.717) is 29.2 Å². The van der Waals surface area contributed by atoms with Gasteiger partial charge in [0.15, 0.2) is 19.0 Å². The molecule has 0 radical (unpaired) electrons. The molecule has 2 aromatic rings. The predicted molar refractivity (Wildman–Crippen MR) is 92.3 cm³/mol. The van der Waals surface area contributed by atoms with Gasteiger partial charge in [0.1, 0.15) is 5.75 Å². The van der Waals surface area contributed by atoms with E-state index < -0.39 is 12.6 Å². The minimum Gasteiger partial charge on any atom is -0.482 e. The molecule has 26 heavy (non-hydrogen) atoms. The summed E-state index contributed by atoms with van der Waals surface area (Å²) < 4.78 is 15.3. The molecule has 0 fully saturated rings. The third-order valence-electron chi connectivity index (χ3n) is 3.77. The number of ketones is 1. The van der Waals surface area contributed by atoms with Crippen molar-refractivity contribution in [3.63, 3.8) is 0 Å². The summed E-state index contributed by atoms with van der Waals surface area (Å²) in [6, 6.07) is 11.4. The fourth-order valence-electron chi connectivity index (χ4n) is 2.46. The Labute approximate surface area is 149 Å². The first-order valence-electron chi connectivity index (χ1n) is 7.91. The maximum absolute atomic E-state index is 12.2. The van der Waals surface area contributed by atoms with Crippen LogP contribution in [0.25, 0.3) is 0 Å². The van der Waals surface area contributed by atoms with Crippen molar-refractivity contribution in [2.24, 2.45) is 0 Å². The molecule has 0 atom stereocenters. The van der Waals surface area contributed by atoms with Gasteiger partial charge in [0.05, 0.1) is 17.9 Å². The second-order valence-corrected chi connectivity index (χ2v) is 5.68. The number of rotatable bonds is 6. The minimum absolute atomic E-state index is 0.0545. The molecule has 1 aliphatic heterocycles. The Kier molecular flexibility index (Phi) is 5.28. The summed E-state index contributed by atoms with van der Waals surface area (Å²) in [5, 5.41) is 2.63. The largest absolute Gasteiger partial charge is 0.482 e. The number of ether oxygens (including phenoxy) is 3. The number of fused-ring (bicyclic) bond motifs is 1. The quantitative estimate of drug-likeness (QED) is 0.631. The van der Waals surface area contributed by atoms with Crippen LogP contribution in [0.1, 0.15) is 26.3 Å². The molecular formula is C19H17NO6.